The zero-order chi connectivity index (χ0) is 14.4. The highest BCUT2D eigenvalue weighted by molar-refractivity contribution is 5.59. The molecule has 0 aromatic rings. The van der Waals surface area contributed by atoms with Crippen molar-refractivity contribution in [3.05, 3.63) is 0 Å². The van der Waals surface area contributed by atoms with Gasteiger partial charge in [-0.3, -0.25) is 4.90 Å². The number of carbonyl (C=O) groups is 1. The molecule has 0 spiro atoms. The van der Waals surface area contributed by atoms with E-state index >= 15 is 0 Å². The minimum Gasteiger partial charge on any atom is -0.304 e. The monoisotopic (exact) mass is 280 g/mol. The first-order valence-electron chi connectivity index (χ1n) is 8.58. The minimum absolute atomic E-state index is 0.0547. The number of nitrogens with zero attached hydrogens (tertiary/aromatic N) is 2. The molecule has 2 aliphatic rings. The van der Waals surface area contributed by atoms with Gasteiger partial charge in [-0.2, -0.15) is 0 Å². The Bertz CT molecular complexity index is 297. The van der Waals surface area contributed by atoms with Gasteiger partial charge in [-0.05, 0) is 45.8 Å². The summed E-state index contributed by atoms with van der Waals surface area (Å²) in [5.41, 5.74) is -0.0547. The summed E-state index contributed by atoms with van der Waals surface area (Å²) in [4.78, 5) is 16.7. The lowest BCUT2D eigenvalue weighted by atomic mass is 9.81. The highest BCUT2D eigenvalue weighted by Gasteiger charge is 2.33. The van der Waals surface area contributed by atoms with E-state index in [0.29, 0.717) is 6.04 Å². The van der Waals surface area contributed by atoms with Crippen LogP contribution in [-0.2, 0) is 4.79 Å². The van der Waals surface area contributed by atoms with Gasteiger partial charge in [0.15, 0.2) is 0 Å². The summed E-state index contributed by atoms with van der Waals surface area (Å²) >= 11 is 0. The number of hydrogen-bond acceptors (Lipinski definition) is 3. The molecule has 2 fully saturated rings. The SMILES string of the molecule is CCN1CCCC1CN(C)CC1(C=O)CCCCCC1. The maximum absolute atomic E-state index is 11.7. The average Bonchev–Trinajstić information content (AvgIpc) is 2.75. The molecule has 2 rings (SSSR count). The molecular formula is C17H32N2O. The standard InChI is InChI=1S/C17H32N2O/c1-3-19-12-8-9-16(19)13-18(2)14-17(15-20)10-6-4-5-7-11-17/h15-16H,3-14H2,1-2H3. The Labute approximate surface area is 124 Å². The van der Waals surface area contributed by atoms with Crippen molar-refractivity contribution in [1.29, 1.82) is 0 Å². The van der Waals surface area contributed by atoms with Gasteiger partial charge in [-0.15, -0.1) is 0 Å². The Morgan fingerprint density at radius 2 is 1.90 bits per heavy atom. The molecule has 1 aliphatic carbocycles. The molecule has 1 saturated carbocycles. The maximum Gasteiger partial charge on any atom is 0.127 e. The summed E-state index contributed by atoms with van der Waals surface area (Å²) in [5.74, 6) is 0. The van der Waals surface area contributed by atoms with Gasteiger partial charge >= 0.3 is 0 Å². The van der Waals surface area contributed by atoms with E-state index in [-0.39, 0.29) is 5.41 Å². The smallest absolute Gasteiger partial charge is 0.127 e. The zero-order valence-electron chi connectivity index (χ0n) is 13.4. The fourth-order valence-electron chi connectivity index (χ4n) is 4.23. The molecular weight excluding hydrogens is 248 g/mol. The lowest BCUT2D eigenvalue weighted by Gasteiger charge is -2.34. The van der Waals surface area contributed by atoms with Crippen LogP contribution in [0.15, 0.2) is 0 Å². The second kappa shape index (κ2) is 7.56. The number of hydrogen-bond donors (Lipinski definition) is 0. The Kier molecular flexibility index (Phi) is 6.03. The van der Waals surface area contributed by atoms with E-state index in [1.807, 2.05) is 0 Å². The third kappa shape index (κ3) is 4.05. The molecule has 1 atom stereocenters. The Morgan fingerprint density at radius 1 is 1.20 bits per heavy atom. The van der Waals surface area contributed by atoms with Gasteiger partial charge in [-0.25, -0.2) is 0 Å². The largest absolute Gasteiger partial charge is 0.304 e. The first-order valence-corrected chi connectivity index (χ1v) is 8.58. The molecule has 3 heteroatoms. The Balaban J connectivity index is 1.88. The second-order valence-electron chi connectivity index (χ2n) is 7.02. The quantitative estimate of drug-likeness (QED) is 0.552. The highest BCUT2D eigenvalue weighted by atomic mass is 16.1. The maximum atomic E-state index is 11.7. The molecule has 116 valence electrons. The van der Waals surface area contributed by atoms with Crippen LogP contribution in [0.3, 0.4) is 0 Å². The Morgan fingerprint density at radius 3 is 2.50 bits per heavy atom. The number of aldehydes is 1. The number of likely N-dealkylation sites (tertiary alicyclic amines) is 1. The van der Waals surface area contributed by atoms with Crippen molar-refractivity contribution in [3.63, 3.8) is 0 Å². The van der Waals surface area contributed by atoms with Crippen molar-refractivity contribution >= 4 is 6.29 Å². The van der Waals surface area contributed by atoms with Crippen LogP contribution in [0.1, 0.15) is 58.3 Å². The van der Waals surface area contributed by atoms with Gasteiger partial charge in [0.1, 0.15) is 6.29 Å². The first kappa shape index (κ1) is 16.0. The number of carbonyl (C=O) groups excluding carboxylic acids is 1. The summed E-state index contributed by atoms with van der Waals surface area (Å²) in [5, 5.41) is 0. The third-order valence-electron chi connectivity index (χ3n) is 5.36. The third-order valence-corrected chi connectivity index (χ3v) is 5.36. The lowest BCUT2D eigenvalue weighted by molar-refractivity contribution is -0.118. The van der Waals surface area contributed by atoms with E-state index in [1.54, 1.807) is 0 Å². The van der Waals surface area contributed by atoms with E-state index < -0.39 is 0 Å². The fourth-order valence-corrected chi connectivity index (χ4v) is 4.23. The topological polar surface area (TPSA) is 23.6 Å². The van der Waals surface area contributed by atoms with E-state index in [1.165, 1.54) is 51.4 Å². The molecule has 1 aliphatic heterocycles. The fraction of sp³-hybridized carbons (Fsp3) is 0.941. The van der Waals surface area contributed by atoms with Gasteiger partial charge in [0.05, 0.1) is 0 Å². The molecule has 3 nitrogen and oxygen atoms in total. The van der Waals surface area contributed by atoms with E-state index in [4.69, 9.17) is 0 Å². The van der Waals surface area contributed by atoms with E-state index in [9.17, 15) is 4.79 Å². The molecule has 1 unspecified atom stereocenters. The number of likely N-dealkylation sites (N-methyl/N-ethyl adjacent to an activating group) is 2. The van der Waals surface area contributed by atoms with E-state index in [0.717, 1.165) is 32.5 Å². The minimum atomic E-state index is -0.0547. The van der Waals surface area contributed by atoms with Crippen molar-refractivity contribution in [3.8, 4) is 0 Å². The average molecular weight is 280 g/mol. The van der Waals surface area contributed by atoms with Crippen molar-refractivity contribution in [1.82, 2.24) is 9.80 Å². The second-order valence-corrected chi connectivity index (χ2v) is 7.02. The lowest BCUT2D eigenvalue weighted by Crippen LogP contribution is -2.43. The van der Waals surface area contributed by atoms with Crippen LogP contribution in [0.4, 0.5) is 0 Å². The van der Waals surface area contributed by atoms with Crippen LogP contribution >= 0.6 is 0 Å². The van der Waals surface area contributed by atoms with Gasteiger partial charge in [-0.1, -0.05) is 32.6 Å². The predicted molar refractivity (Wildman–Crippen MR) is 84.0 cm³/mol. The summed E-state index contributed by atoms with van der Waals surface area (Å²) in [6.45, 7) is 6.77. The molecule has 20 heavy (non-hydrogen) atoms. The summed E-state index contributed by atoms with van der Waals surface area (Å²) < 4.78 is 0. The first-order chi connectivity index (χ1) is 9.69. The predicted octanol–water partition coefficient (Wildman–Crippen LogP) is 2.94. The van der Waals surface area contributed by atoms with Gasteiger partial charge < -0.3 is 9.69 Å². The summed E-state index contributed by atoms with van der Waals surface area (Å²) in [6, 6.07) is 0.708. The summed E-state index contributed by atoms with van der Waals surface area (Å²) in [7, 11) is 2.21. The molecule has 0 amide bonds. The van der Waals surface area contributed by atoms with Crippen LogP contribution < -0.4 is 0 Å². The van der Waals surface area contributed by atoms with Crippen LogP contribution in [-0.4, -0.2) is 55.4 Å². The summed E-state index contributed by atoms with van der Waals surface area (Å²) in [6.07, 6.45) is 11.2. The molecule has 1 heterocycles. The molecule has 0 bridgehead atoms. The molecule has 0 N–H and O–H groups in total. The van der Waals surface area contributed by atoms with Crippen molar-refractivity contribution in [2.24, 2.45) is 5.41 Å². The molecule has 0 radical (unpaired) electrons. The van der Waals surface area contributed by atoms with Crippen molar-refractivity contribution in [2.45, 2.75) is 64.3 Å². The van der Waals surface area contributed by atoms with Crippen LogP contribution in [0.5, 0.6) is 0 Å². The van der Waals surface area contributed by atoms with Crippen LogP contribution in [0.2, 0.25) is 0 Å². The van der Waals surface area contributed by atoms with Crippen molar-refractivity contribution in [2.75, 3.05) is 33.2 Å². The van der Waals surface area contributed by atoms with Gasteiger partial charge in [0.2, 0.25) is 0 Å². The number of rotatable bonds is 6. The van der Waals surface area contributed by atoms with Crippen LogP contribution in [0.25, 0.3) is 0 Å². The normalized spacial score (nSPS) is 27.6. The Hall–Kier alpha value is -0.410. The van der Waals surface area contributed by atoms with E-state index in [2.05, 4.69) is 23.8 Å². The highest BCUT2D eigenvalue weighted by Crippen LogP contribution is 2.34. The van der Waals surface area contributed by atoms with Gasteiger partial charge in [0.25, 0.3) is 0 Å². The molecule has 0 aromatic carbocycles. The van der Waals surface area contributed by atoms with Crippen LogP contribution in [0, 0.1) is 5.41 Å². The van der Waals surface area contributed by atoms with Crippen molar-refractivity contribution < 1.29 is 4.79 Å². The molecule has 0 aromatic heterocycles. The van der Waals surface area contributed by atoms with Gasteiger partial charge in [0, 0.05) is 24.5 Å². The molecule has 1 saturated heterocycles. The zero-order valence-corrected chi connectivity index (χ0v) is 13.4.